The van der Waals surface area contributed by atoms with Gasteiger partial charge < -0.3 is 4.74 Å². The molecule has 0 radical (unpaired) electrons. The molecule has 2 aliphatic heterocycles. The van der Waals surface area contributed by atoms with Crippen molar-refractivity contribution in [1.82, 2.24) is 9.80 Å². The molecule has 2 heterocycles. The van der Waals surface area contributed by atoms with E-state index in [0.717, 1.165) is 25.7 Å². The number of methoxy groups -OCH3 is 1. The van der Waals surface area contributed by atoms with Crippen LogP contribution in [-0.2, 0) is 6.54 Å². The number of hydrogen-bond donors (Lipinski definition) is 0. The molecule has 0 amide bonds. The van der Waals surface area contributed by atoms with Crippen LogP contribution in [0.1, 0.15) is 30.4 Å². The molecule has 4 nitrogen and oxygen atoms in total. The lowest BCUT2D eigenvalue weighted by Gasteiger charge is -2.25. The van der Waals surface area contributed by atoms with Gasteiger partial charge in [-0.25, -0.2) is 0 Å². The van der Waals surface area contributed by atoms with E-state index in [1.165, 1.54) is 24.8 Å². The second kappa shape index (κ2) is 6.05. The van der Waals surface area contributed by atoms with E-state index in [9.17, 15) is 0 Å². The molecule has 2 bridgehead atoms. The predicted molar refractivity (Wildman–Crippen MR) is 82.2 cm³/mol. The summed E-state index contributed by atoms with van der Waals surface area (Å²) in [5.41, 5.74) is 1.84. The number of hydrogen-bond acceptors (Lipinski definition) is 4. The SMILES string of the molecule is COc1cc(CN2CCC3CCC(C2)N3C)ccc1C#N. The molecule has 2 unspecified atom stereocenters. The van der Waals surface area contributed by atoms with E-state index < -0.39 is 0 Å². The number of benzene rings is 1. The van der Waals surface area contributed by atoms with Gasteiger partial charge in [0.15, 0.2) is 0 Å². The Balaban J connectivity index is 1.71. The molecular formula is C17H23N3O. The Kier molecular flexibility index (Phi) is 4.14. The Morgan fingerprint density at radius 1 is 1.29 bits per heavy atom. The van der Waals surface area contributed by atoms with Gasteiger partial charge in [-0.3, -0.25) is 9.80 Å². The largest absolute Gasteiger partial charge is 0.495 e. The lowest BCUT2D eigenvalue weighted by molar-refractivity contribution is 0.214. The van der Waals surface area contributed by atoms with E-state index in [2.05, 4.69) is 22.9 Å². The monoisotopic (exact) mass is 285 g/mol. The molecule has 2 fully saturated rings. The Bertz CT molecular complexity index is 551. The number of nitriles is 1. The van der Waals surface area contributed by atoms with Crippen LogP contribution < -0.4 is 4.74 Å². The van der Waals surface area contributed by atoms with Gasteiger partial charge in [-0.2, -0.15) is 5.26 Å². The Hall–Kier alpha value is -1.57. The molecule has 2 aliphatic rings. The summed E-state index contributed by atoms with van der Waals surface area (Å²) in [5, 5.41) is 9.05. The highest BCUT2D eigenvalue weighted by Crippen LogP contribution is 2.29. The minimum Gasteiger partial charge on any atom is -0.495 e. The lowest BCUT2D eigenvalue weighted by atomic mass is 10.1. The van der Waals surface area contributed by atoms with E-state index in [1.54, 1.807) is 7.11 Å². The molecule has 21 heavy (non-hydrogen) atoms. The molecule has 4 heteroatoms. The second-order valence-electron chi connectivity index (χ2n) is 6.22. The highest BCUT2D eigenvalue weighted by atomic mass is 16.5. The van der Waals surface area contributed by atoms with Crippen LogP contribution in [0.3, 0.4) is 0 Å². The van der Waals surface area contributed by atoms with E-state index in [-0.39, 0.29) is 0 Å². The van der Waals surface area contributed by atoms with Gasteiger partial charge in [-0.15, -0.1) is 0 Å². The summed E-state index contributed by atoms with van der Waals surface area (Å²) in [6, 6.07) is 9.57. The molecule has 0 N–H and O–H groups in total. The highest BCUT2D eigenvalue weighted by molar-refractivity contribution is 5.45. The molecule has 112 valence electrons. The minimum atomic E-state index is 0.607. The predicted octanol–water partition coefficient (Wildman–Crippen LogP) is 2.24. The van der Waals surface area contributed by atoms with Crippen LogP contribution in [0.25, 0.3) is 0 Å². The van der Waals surface area contributed by atoms with Gasteiger partial charge in [0.25, 0.3) is 0 Å². The summed E-state index contributed by atoms with van der Waals surface area (Å²) in [5.74, 6) is 0.684. The standard InChI is InChI=1S/C17H23N3O/c1-19-15-5-6-16(19)12-20(8-7-15)11-13-3-4-14(10-18)17(9-13)21-2/h3-4,9,15-16H,5-8,11-12H2,1-2H3. The van der Waals surface area contributed by atoms with Gasteiger partial charge in [0.1, 0.15) is 11.8 Å². The van der Waals surface area contributed by atoms with Crippen molar-refractivity contribution >= 4 is 0 Å². The Morgan fingerprint density at radius 3 is 2.86 bits per heavy atom. The lowest BCUT2D eigenvalue weighted by Crippen LogP contribution is -2.36. The third-order valence-electron chi connectivity index (χ3n) is 5.03. The smallest absolute Gasteiger partial charge is 0.136 e. The summed E-state index contributed by atoms with van der Waals surface area (Å²) in [6.07, 6.45) is 3.95. The van der Waals surface area contributed by atoms with Crippen LogP contribution in [0.2, 0.25) is 0 Å². The zero-order valence-electron chi connectivity index (χ0n) is 12.9. The molecule has 2 saturated heterocycles. The van der Waals surface area contributed by atoms with Crippen LogP contribution in [-0.4, -0.2) is 49.1 Å². The van der Waals surface area contributed by atoms with Gasteiger partial charge in [0.05, 0.1) is 12.7 Å². The third-order valence-corrected chi connectivity index (χ3v) is 5.03. The van der Waals surface area contributed by atoms with Crippen LogP contribution in [0, 0.1) is 11.3 Å². The number of fused-ring (bicyclic) bond motifs is 2. The summed E-state index contributed by atoms with van der Waals surface area (Å²) < 4.78 is 5.31. The van der Waals surface area contributed by atoms with Gasteiger partial charge in [-0.1, -0.05) is 6.07 Å². The molecule has 2 atom stereocenters. The minimum absolute atomic E-state index is 0.607. The summed E-state index contributed by atoms with van der Waals surface area (Å²) in [6.45, 7) is 3.25. The van der Waals surface area contributed by atoms with Crippen molar-refractivity contribution in [2.75, 3.05) is 27.2 Å². The van der Waals surface area contributed by atoms with E-state index >= 15 is 0 Å². The summed E-state index contributed by atoms with van der Waals surface area (Å²) >= 11 is 0. The van der Waals surface area contributed by atoms with Gasteiger partial charge >= 0.3 is 0 Å². The number of ether oxygens (including phenoxy) is 1. The van der Waals surface area contributed by atoms with Crippen molar-refractivity contribution in [1.29, 1.82) is 5.26 Å². The van der Waals surface area contributed by atoms with Crippen LogP contribution in [0.15, 0.2) is 18.2 Å². The fourth-order valence-electron chi connectivity index (χ4n) is 3.71. The second-order valence-corrected chi connectivity index (χ2v) is 6.22. The first-order chi connectivity index (χ1) is 10.2. The van der Waals surface area contributed by atoms with Crippen molar-refractivity contribution < 1.29 is 4.74 Å². The van der Waals surface area contributed by atoms with Crippen molar-refractivity contribution in [3.63, 3.8) is 0 Å². The van der Waals surface area contributed by atoms with E-state index in [1.807, 2.05) is 18.2 Å². The van der Waals surface area contributed by atoms with Crippen molar-refractivity contribution in [3.05, 3.63) is 29.3 Å². The molecule has 0 aromatic heterocycles. The summed E-state index contributed by atoms with van der Waals surface area (Å²) in [4.78, 5) is 5.11. The van der Waals surface area contributed by atoms with Gasteiger partial charge in [0, 0.05) is 31.7 Å². The molecule has 0 spiro atoms. The maximum atomic E-state index is 9.05. The average molecular weight is 285 g/mol. The first kappa shape index (κ1) is 14.4. The highest BCUT2D eigenvalue weighted by Gasteiger charge is 2.34. The fraction of sp³-hybridized carbons (Fsp3) is 0.588. The Morgan fingerprint density at radius 2 is 2.10 bits per heavy atom. The fourth-order valence-corrected chi connectivity index (χ4v) is 3.71. The number of nitrogens with zero attached hydrogens (tertiary/aromatic N) is 3. The quantitative estimate of drug-likeness (QED) is 0.854. The van der Waals surface area contributed by atoms with Crippen LogP contribution in [0.4, 0.5) is 0 Å². The first-order valence-corrected chi connectivity index (χ1v) is 7.72. The van der Waals surface area contributed by atoms with Gasteiger partial charge in [-0.05, 0) is 44.0 Å². The van der Waals surface area contributed by atoms with Gasteiger partial charge in [0.2, 0.25) is 0 Å². The number of likely N-dealkylation sites (tertiary alicyclic amines) is 1. The van der Waals surface area contributed by atoms with E-state index in [4.69, 9.17) is 10.00 Å². The molecular weight excluding hydrogens is 262 g/mol. The topological polar surface area (TPSA) is 39.5 Å². The van der Waals surface area contributed by atoms with E-state index in [0.29, 0.717) is 17.4 Å². The van der Waals surface area contributed by atoms with Crippen molar-refractivity contribution in [2.45, 2.75) is 37.9 Å². The maximum Gasteiger partial charge on any atom is 0.136 e. The first-order valence-electron chi connectivity index (χ1n) is 7.72. The molecule has 1 aromatic rings. The van der Waals surface area contributed by atoms with Crippen molar-refractivity contribution in [2.24, 2.45) is 0 Å². The van der Waals surface area contributed by atoms with Crippen molar-refractivity contribution in [3.8, 4) is 11.8 Å². The normalized spacial score (nSPS) is 26.3. The zero-order valence-corrected chi connectivity index (χ0v) is 12.9. The molecule has 1 aromatic carbocycles. The average Bonchev–Trinajstić information content (AvgIpc) is 2.75. The Labute approximate surface area is 126 Å². The maximum absolute atomic E-state index is 9.05. The third kappa shape index (κ3) is 2.90. The van der Waals surface area contributed by atoms with Crippen LogP contribution >= 0.6 is 0 Å². The summed E-state index contributed by atoms with van der Waals surface area (Å²) in [7, 11) is 3.90. The number of likely N-dealkylation sites (N-methyl/N-ethyl adjacent to an activating group) is 1. The number of rotatable bonds is 3. The van der Waals surface area contributed by atoms with Crippen LogP contribution in [0.5, 0.6) is 5.75 Å². The molecule has 3 rings (SSSR count). The zero-order chi connectivity index (χ0) is 14.8. The molecule has 0 aliphatic carbocycles. The molecule has 0 saturated carbocycles.